The first-order chi connectivity index (χ1) is 8.54. The largest absolute Gasteiger partial charge is 0.396 e. The maximum atomic E-state index is 11.6. The first kappa shape index (κ1) is 14.2. The molecule has 0 spiro atoms. The minimum Gasteiger partial charge on any atom is -0.396 e. The molecule has 1 rings (SSSR count). The van der Waals surface area contributed by atoms with Crippen LogP contribution in [0.25, 0.3) is 0 Å². The summed E-state index contributed by atoms with van der Waals surface area (Å²) in [5, 5.41) is 13.8. The van der Waals surface area contributed by atoms with Crippen LogP contribution in [-0.4, -0.2) is 29.6 Å². The molecule has 2 amide bonds. The van der Waals surface area contributed by atoms with Crippen LogP contribution in [-0.2, 0) is 9.59 Å². The van der Waals surface area contributed by atoms with Crippen LogP contribution in [0, 0.1) is 6.92 Å². The van der Waals surface area contributed by atoms with Gasteiger partial charge in [0.05, 0.1) is 0 Å². The van der Waals surface area contributed by atoms with Gasteiger partial charge in [-0.05, 0) is 31.9 Å². The van der Waals surface area contributed by atoms with Gasteiger partial charge in [-0.2, -0.15) is 0 Å². The number of aryl methyl sites for hydroxylation is 1. The number of para-hydroxylation sites is 1. The van der Waals surface area contributed by atoms with E-state index >= 15 is 0 Å². The predicted molar refractivity (Wildman–Crippen MR) is 69.1 cm³/mol. The molecule has 18 heavy (non-hydrogen) atoms. The maximum absolute atomic E-state index is 11.6. The lowest BCUT2D eigenvalue weighted by Crippen LogP contribution is -2.40. The fraction of sp³-hybridized carbons (Fsp3) is 0.385. The second kappa shape index (κ2) is 6.76. The van der Waals surface area contributed by atoms with Gasteiger partial charge in [0.1, 0.15) is 0 Å². The fourth-order valence-corrected chi connectivity index (χ4v) is 1.45. The third kappa shape index (κ3) is 4.18. The number of hydrogen-bond acceptors (Lipinski definition) is 3. The van der Waals surface area contributed by atoms with E-state index < -0.39 is 11.8 Å². The first-order valence-corrected chi connectivity index (χ1v) is 5.83. The lowest BCUT2D eigenvalue weighted by Gasteiger charge is -2.12. The van der Waals surface area contributed by atoms with Gasteiger partial charge in [-0.25, -0.2) is 0 Å². The van der Waals surface area contributed by atoms with Gasteiger partial charge in [-0.15, -0.1) is 0 Å². The highest BCUT2D eigenvalue weighted by Crippen LogP contribution is 2.12. The summed E-state index contributed by atoms with van der Waals surface area (Å²) in [4.78, 5) is 23.2. The van der Waals surface area contributed by atoms with Gasteiger partial charge in [0.25, 0.3) is 0 Å². The molecule has 0 aliphatic carbocycles. The van der Waals surface area contributed by atoms with Gasteiger partial charge >= 0.3 is 11.8 Å². The van der Waals surface area contributed by atoms with E-state index in [0.29, 0.717) is 12.1 Å². The van der Waals surface area contributed by atoms with E-state index in [1.54, 1.807) is 19.1 Å². The van der Waals surface area contributed by atoms with Crippen molar-refractivity contribution >= 4 is 17.5 Å². The SMILES string of the molecule is Cc1ccccc1NC(=O)C(=O)N[C@H](C)CCO. The van der Waals surface area contributed by atoms with Crippen LogP contribution in [0.4, 0.5) is 5.69 Å². The monoisotopic (exact) mass is 250 g/mol. The van der Waals surface area contributed by atoms with E-state index in [4.69, 9.17) is 5.11 Å². The second-order valence-electron chi connectivity index (χ2n) is 4.16. The molecule has 0 bridgehead atoms. The minimum absolute atomic E-state index is 0.0269. The topological polar surface area (TPSA) is 78.4 Å². The number of carbonyl (C=O) groups excluding carboxylic acids is 2. The smallest absolute Gasteiger partial charge is 0.313 e. The van der Waals surface area contributed by atoms with Crippen molar-refractivity contribution in [3.63, 3.8) is 0 Å². The molecule has 5 nitrogen and oxygen atoms in total. The Balaban J connectivity index is 2.55. The molecule has 98 valence electrons. The number of hydrogen-bond donors (Lipinski definition) is 3. The van der Waals surface area contributed by atoms with Gasteiger partial charge < -0.3 is 15.7 Å². The summed E-state index contributed by atoms with van der Waals surface area (Å²) in [6, 6.07) is 6.99. The Morgan fingerprint density at radius 1 is 1.28 bits per heavy atom. The first-order valence-electron chi connectivity index (χ1n) is 5.83. The van der Waals surface area contributed by atoms with Crippen molar-refractivity contribution in [1.82, 2.24) is 5.32 Å². The van der Waals surface area contributed by atoms with E-state index in [0.717, 1.165) is 5.56 Å². The number of benzene rings is 1. The molecule has 3 N–H and O–H groups in total. The lowest BCUT2D eigenvalue weighted by molar-refractivity contribution is -0.136. The lowest BCUT2D eigenvalue weighted by atomic mass is 10.2. The summed E-state index contributed by atoms with van der Waals surface area (Å²) in [7, 11) is 0. The van der Waals surface area contributed by atoms with Gasteiger partial charge in [0.2, 0.25) is 0 Å². The molecule has 0 fully saturated rings. The van der Waals surface area contributed by atoms with Crippen LogP contribution in [0.2, 0.25) is 0 Å². The molecule has 0 saturated carbocycles. The molecular formula is C13H18N2O3. The Hall–Kier alpha value is -1.88. The van der Waals surface area contributed by atoms with Gasteiger partial charge in [-0.1, -0.05) is 18.2 Å². The molecule has 0 radical (unpaired) electrons. The molecule has 0 unspecified atom stereocenters. The molecule has 0 saturated heterocycles. The van der Waals surface area contributed by atoms with Crippen molar-refractivity contribution in [2.45, 2.75) is 26.3 Å². The van der Waals surface area contributed by atoms with Crippen molar-refractivity contribution in [2.75, 3.05) is 11.9 Å². The number of rotatable bonds is 4. The van der Waals surface area contributed by atoms with Crippen LogP contribution in [0.5, 0.6) is 0 Å². The number of aliphatic hydroxyl groups is 1. The summed E-state index contributed by atoms with van der Waals surface area (Å²) in [6.07, 6.45) is 0.420. The summed E-state index contributed by atoms with van der Waals surface area (Å²) < 4.78 is 0. The number of anilines is 1. The zero-order chi connectivity index (χ0) is 13.5. The normalized spacial score (nSPS) is 11.7. The molecule has 0 aliphatic rings. The third-order valence-electron chi connectivity index (χ3n) is 2.54. The van der Waals surface area contributed by atoms with Crippen LogP contribution < -0.4 is 10.6 Å². The average Bonchev–Trinajstić information content (AvgIpc) is 2.32. The van der Waals surface area contributed by atoms with Crippen molar-refractivity contribution in [3.05, 3.63) is 29.8 Å². The summed E-state index contributed by atoms with van der Waals surface area (Å²) >= 11 is 0. The Bertz CT molecular complexity index is 432. The summed E-state index contributed by atoms with van der Waals surface area (Å²) in [5.74, 6) is -1.40. The zero-order valence-electron chi connectivity index (χ0n) is 10.6. The predicted octanol–water partition coefficient (Wildman–Crippen LogP) is 0.821. The molecule has 1 aromatic rings. The van der Waals surface area contributed by atoms with Gasteiger partial charge in [0.15, 0.2) is 0 Å². The van der Waals surface area contributed by atoms with E-state index in [2.05, 4.69) is 10.6 Å². The maximum Gasteiger partial charge on any atom is 0.313 e. The molecule has 0 heterocycles. The van der Waals surface area contributed by atoms with Crippen LogP contribution >= 0.6 is 0 Å². The van der Waals surface area contributed by atoms with E-state index in [9.17, 15) is 9.59 Å². The minimum atomic E-state index is -0.700. The molecule has 1 atom stereocenters. The molecule has 5 heteroatoms. The number of carbonyl (C=O) groups is 2. The quantitative estimate of drug-likeness (QED) is 0.692. The van der Waals surface area contributed by atoms with Crippen LogP contribution in [0.15, 0.2) is 24.3 Å². The second-order valence-corrected chi connectivity index (χ2v) is 4.16. The van der Waals surface area contributed by atoms with E-state index in [-0.39, 0.29) is 12.6 Å². The van der Waals surface area contributed by atoms with E-state index in [1.807, 2.05) is 19.1 Å². The van der Waals surface area contributed by atoms with Gasteiger partial charge in [-0.3, -0.25) is 9.59 Å². The molecule has 0 aromatic heterocycles. The highest BCUT2D eigenvalue weighted by molar-refractivity contribution is 6.39. The summed E-state index contributed by atoms with van der Waals surface area (Å²) in [5.41, 5.74) is 1.51. The summed E-state index contributed by atoms with van der Waals surface area (Å²) in [6.45, 7) is 3.55. The highest BCUT2D eigenvalue weighted by Gasteiger charge is 2.16. The van der Waals surface area contributed by atoms with Crippen LogP contribution in [0.3, 0.4) is 0 Å². The molecule has 1 aromatic carbocycles. The van der Waals surface area contributed by atoms with Crippen molar-refractivity contribution < 1.29 is 14.7 Å². The number of aliphatic hydroxyl groups excluding tert-OH is 1. The Morgan fingerprint density at radius 2 is 1.94 bits per heavy atom. The van der Waals surface area contributed by atoms with Crippen molar-refractivity contribution in [2.24, 2.45) is 0 Å². The molecule has 0 aliphatic heterocycles. The molecular weight excluding hydrogens is 232 g/mol. The number of amides is 2. The van der Waals surface area contributed by atoms with Crippen LogP contribution in [0.1, 0.15) is 18.9 Å². The Morgan fingerprint density at radius 3 is 2.56 bits per heavy atom. The number of nitrogens with one attached hydrogen (secondary N) is 2. The fourth-order valence-electron chi connectivity index (χ4n) is 1.45. The zero-order valence-corrected chi connectivity index (χ0v) is 10.6. The van der Waals surface area contributed by atoms with Gasteiger partial charge in [0, 0.05) is 18.3 Å². The average molecular weight is 250 g/mol. The van der Waals surface area contributed by atoms with Crippen molar-refractivity contribution in [3.8, 4) is 0 Å². The Kier molecular flexibility index (Phi) is 5.32. The Labute approximate surface area is 106 Å². The van der Waals surface area contributed by atoms with Crippen molar-refractivity contribution in [1.29, 1.82) is 0 Å². The standard InChI is InChI=1S/C13H18N2O3/c1-9-5-3-4-6-11(9)15-13(18)12(17)14-10(2)7-8-16/h3-6,10,16H,7-8H2,1-2H3,(H,14,17)(H,15,18)/t10-/m1/s1. The highest BCUT2D eigenvalue weighted by atomic mass is 16.3. The third-order valence-corrected chi connectivity index (χ3v) is 2.54. The van der Waals surface area contributed by atoms with E-state index in [1.165, 1.54) is 0 Å².